The van der Waals surface area contributed by atoms with Gasteiger partial charge < -0.3 is 0 Å². The summed E-state index contributed by atoms with van der Waals surface area (Å²) in [5, 5.41) is 5.99. The number of nitrogens with one attached hydrogen (secondary N) is 2. The van der Waals surface area contributed by atoms with Crippen molar-refractivity contribution in [2.24, 2.45) is 18.1 Å². The third-order valence-corrected chi connectivity index (χ3v) is 18.6. The van der Waals surface area contributed by atoms with Crippen LogP contribution in [0, 0.1) is 0 Å². The van der Waals surface area contributed by atoms with Crippen molar-refractivity contribution in [3.05, 3.63) is 0 Å². The van der Waals surface area contributed by atoms with Gasteiger partial charge in [0, 0.05) is 12.1 Å². The van der Waals surface area contributed by atoms with Crippen molar-refractivity contribution in [3.63, 3.8) is 0 Å². The molecule has 0 radical (unpaired) electrons. The zero-order valence-electron chi connectivity index (χ0n) is 12.0. The molecule has 0 saturated heterocycles. The summed E-state index contributed by atoms with van der Waals surface area (Å²) in [7, 11) is 0. The van der Waals surface area contributed by atoms with E-state index >= 15 is 0 Å². The van der Waals surface area contributed by atoms with Crippen LogP contribution in [0.3, 0.4) is 0 Å². The van der Waals surface area contributed by atoms with Crippen LogP contribution in [-0.4, -0.2) is 12.1 Å². The fourth-order valence-corrected chi connectivity index (χ4v) is 24.2. The van der Waals surface area contributed by atoms with E-state index in [9.17, 15) is 0 Å². The van der Waals surface area contributed by atoms with E-state index in [1.807, 2.05) is 27.7 Å². The van der Waals surface area contributed by atoms with Crippen molar-refractivity contribution in [1.82, 2.24) is 10.2 Å². The van der Waals surface area contributed by atoms with E-state index in [0.29, 0.717) is 0 Å². The van der Waals surface area contributed by atoms with E-state index in [0.717, 1.165) is 0 Å². The number of hydrogen-bond donors (Lipinski definition) is 2. The van der Waals surface area contributed by atoms with Crippen LogP contribution >= 0.6 is 92.7 Å². The Bertz CT molecular complexity index is 590. The van der Waals surface area contributed by atoms with Crippen LogP contribution in [0.5, 0.6) is 0 Å². The van der Waals surface area contributed by atoms with Crippen molar-refractivity contribution in [2.75, 3.05) is 0 Å². The predicted molar refractivity (Wildman–Crippen MR) is 109 cm³/mol. The summed E-state index contributed by atoms with van der Waals surface area (Å²) < 4.78 is 16.9. The standard InChI is InChI=1S/C6H16Cl6N6P4/c1-5(2)13-21(11)15-19(7,8)17-22(12,14-6(3)4)18-20(9,10)16-21/h5-6,13-14H,1-4H3. The molecule has 22 heavy (non-hydrogen) atoms. The van der Waals surface area contributed by atoms with Gasteiger partial charge in [0.25, 0.3) is 11.8 Å². The first-order chi connectivity index (χ1) is 9.66. The minimum Gasteiger partial charge on any atom is -0.251 e. The van der Waals surface area contributed by atoms with Gasteiger partial charge in [-0.25, -0.2) is 0 Å². The summed E-state index contributed by atoms with van der Waals surface area (Å²) in [6, 6.07) is -0.0764. The van der Waals surface area contributed by atoms with E-state index in [4.69, 9.17) is 67.4 Å². The maximum Gasteiger partial charge on any atom is 0.257 e. The van der Waals surface area contributed by atoms with Gasteiger partial charge in [0.1, 0.15) is 0 Å². The summed E-state index contributed by atoms with van der Waals surface area (Å²) in [5.41, 5.74) is 0. The van der Waals surface area contributed by atoms with Crippen LogP contribution in [0.2, 0.25) is 0 Å². The van der Waals surface area contributed by atoms with E-state index in [2.05, 4.69) is 28.2 Å². The number of halogens is 6. The molecule has 0 aromatic rings. The molecular formula is C6H16Cl6N6P4. The van der Waals surface area contributed by atoms with E-state index in [-0.39, 0.29) is 12.1 Å². The molecule has 2 N–H and O–H groups in total. The highest BCUT2D eigenvalue weighted by Crippen LogP contribution is 2.84. The average Bonchev–Trinajstić information content (AvgIpc) is 2.03. The summed E-state index contributed by atoms with van der Waals surface area (Å²) in [5.74, 6) is -6.40. The molecule has 6 nitrogen and oxygen atoms in total. The molecular weight excluding hydrogens is 493 g/mol. The lowest BCUT2D eigenvalue weighted by molar-refractivity contribution is 0.760. The van der Waals surface area contributed by atoms with E-state index < -0.39 is 25.2 Å². The molecule has 0 aromatic heterocycles. The van der Waals surface area contributed by atoms with Crippen LogP contribution in [0.15, 0.2) is 18.1 Å². The fourth-order valence-electron chi connectivity index (χ4n) is 1.40. The average molecular weight is 509 g/mol. The minimum atomic E-state index is -3.20. The molecule has 16 heteroatoms. The lowest BCUT2D eigenvalue weighted by atomic mass is 10.4. The van der Waals surface area contributed by atoms with E-state index in [1.54, 1.807) is 0 Å². The topological polar surface area (TPSA) is 73.5 Å². The largest absolute Gasteiger partial charge is 0.257 e. The molecule has 1 rings (SSSR count). The molecule has 0 amide bonds. The molecule has 0 aromatic carbocycles. The van der Waals surface area contributed by atoms with Gasteiger partial charge in [-0.2, -0.15) is 18.1 Å². The van der Waals surface area contributed by atoms with Crippen LogP contribution < -0.4 is 10.2 Å². The summed E-state index contributed by atoms with van der Waals surface area (Å²) in [4.78, 5) is 0. The Hall–Kier alpha value is 2.58. The van der Waals surface area contributed by atoms with Crippen molar-refractivity contribution in [2.45, 2.75) is 39.8 Å². The van der Waals surface area contributed by atoms with Gasteiger partial charge >= 0.3 is 0 Å². The van der Waals surface area contributed by atoms with Crippen molar-refractivity contribution < 1.29 is 0 Å². The highest BCUT2D eigenvalue weighted by molar-refractivity contribution is 8.20. The molecule has 0 bridgehead atoms. The molecule has 1 aliphatic rings. The monoisotopic (exact) mass is 506 g/mol. The second-order valence-electron chi connectivity index (χ2n) is 4.89. The molecule has 132 valence electrons. The lowest BCUT2D eigenvalue weighted by Gasteiger charge is -2.25. The second kappa shape index (κ2) is 8.08. The van der Waals surface area contributed by atoms with Gasteiger partial charge in [0.05, 0.1) is 0 Å². The Morgan fingerprint density at radius 3 is 1.09 bits per heavy atom. The molecule has 1 aliphatic heterocycles. The van der Waals surface area contributed by atoms with Gasteiger partial charge in [-0.1, -0.05) is 0 Å². The highest BCUT2D eigenvalue weighted by Gasteiger charge is 2.33. The van der Waals surface area contributed by atoms with Crippen LogP contribution in [0.25, 0.3) is 0 Å². The van der Waals surface area contributed by atoms with Crippen LogP contribution in [0.4, 0.5) is 0 Å². The van der Waals surface area contributed by atoms with Crippen molar-refractivity contribution in [3.8, 4) is 0 Å². The Kier molecular flexibility index (Phi) is 8.31. The molecule has 1 heterocycles. The minimum absolute atomic E-state index is 0.0382. The smallest absolute Gasteiger partial charge is 0.251 e. The normalized spacial score (nSPS) is 34.0. The molecule has 0 aliphatic carbocycles. The second-order valence-corrected chi connectivity index (χ2v) is 21.7. The van der Waals surface area contributed by atoms with Crippen LogP contribution in [-0.2, 0) is 0 Å². The Morgan fingerprint density at radius 1 is 0.591 bits per heavy atom. The van der Waals surface area contributed by atoms with Gasteiger partial charge in [-0.15, -0.1) is 0 Å². The Labute approximate surface area is 160 Å². The number of rotatable bonds is 4. The van der Waals surface area contributed by atoms with Gasteiger partial charge in [-0.05, 0) is 95.1 Å². The summed E-state index contributed by atoms with van der Waals surface area (Å²) in [6.07, 6.45) is 0. The lowest BCUT2D eigenvalue weighted by Crippen LogP contribution is -2.17. The third kappa shape index (κ3) is 7.86. The Balaban J connectivity index is 3.62. The molecule has 2 unspecified atom stereocenters. The zero-order chi connectivity index (χ0) is 17.4. The van der Waals surface area contributed by atoms with Gasteiger partial charge in [-0.3, -0.25) is 10.2 Å². The maximum absolute atomic E-state index is 6.43. The number of hydrogen-bond acceptors (Lipinski definition) is 6. The Morgan fingerprint density at radius 2 is 0.864 bits per heavy atom. The SMILES string of the molecule is CC(C)NP1(Cl)=NP(Cl)(Cl)=NP(Cl)(NC(C)C)=NP(Cl)(Cl)=N1. The van der Waals surface area contributed by atoms with Gasteiger partial charge in [0.15, 0.2) is 0 Å². The van der Waals surface area contributed by atoms with Gasteiger partial charge in [0.2, 0.25) is 13.4 Å². The van der Waals surface area contributed by atoms with E-state index in [1.165, 1.54) is 0 Å². The highest BCUT2D eigenvalue weighted by atomic mass is 35.9. The van der Waals surface area contributed by atoms with Crippen molar-refractivity contribution in [1.29, 1.82) is 0 Å². The van der Waals surface area contributed by atoms with Crippen molar-refractivity contribution >= 4 is 92.7 Å². The first-order valence-corrected chi connectivity index (χ1v) is 18.2. The van der Waals surface area contributed by atoms with Crippen LogP contribution in [0.1, 0.15) is 27.7 Å². The summed E-state index contributed by atoms with van der Waals surface area (Å²) in [6.45, 7) is 1.40. The zero-order valence-corrected chi connectivity index (χ0v) is 20.1. The quantitative estimate of drug-likeness (QED) is 0.371. The number of nitrogens with zero attached hydrogens (tertiary/aromatic N) is 4. The molecule has 0 spiro atoms. The molecule has 0 fully saturated rings. The molecule has 2 atom stereocenters. The third-order valence-electron chi connectivity index (χ3n) is 1.75. The maximum atomic E-state index is 6.43. The summed E-state index contributed by atoms with van der Waals surface area (Å²) >= 11 is 37.8. The molecule has 0 saturated carbocycles. The first-order valence-electron chi connectivity index (χ1n) is 5.95. The fraction of sp³-hybridized carbons (Fsp3) is 1.00. The first kappa shape index (κ1) is 22.6. The predicted octanol–water partition coefficient (Wildman–Crippen LogP) is 9.21.